The molecule has 0 aliphatic carbocycles. The Hall–Kier alpha value is -0.610. The molecule has 4 N–H and O–H groups in total. The van der Waals surface area contributed by atoms with Gasteiger partial charge >= 0.3 is 0 Å². The van der Waals surface area contributed by atoms with Gasteiger partial charge in [0.15, 0.2) is 0 Å². The number of halogens is 1. The molecule has 0 saturated carbocycles. The van der Waals surface area contributed by atoms with E-state index in [-0.39, 0.29) is 0 Å². The molecule has 1 fully saturated rings. The van der Waals surface area contributed by atoms with Gasteiger partial charge in [-0.3, -0.25) is 0 Å². The lowest BCUT2D eigenvalue weighted by atomic mass is 10.1. The smallest absolute Gasteiger partial charge is 0.0944 e. The van der Waals surface area contributed by atoms with Crippen molar-refractivity contribution in [3.05, 3.63) is 35.4 Å². The monoisotopic (exact) mass is 228 g/mol. The molecule has 3 nitrogen and oxygen atoms in total. The van der Waals surface area contributed by atoms with Crippen molar-refractivity contribution >= 4 is 11.6 Å². The van der Waals surface area contributed by atoms with E-state index in [0.29, 0.717) is 25.1 Å². The van der Waals surface area contributed by atoms with Crippen molar-refractivity contribution in [3.63, 3.8) is 0 Å². The van der Waals surface area contributed by atoms with Gasteiger partial charge in [0.25, 0.3) is 0 Å². The van der Waals surface area contributed by atoms with Crippen molar-refractivity contribution in [1.29, 1.82) is 0 Å². The van der Waals surface area contributed by atoms with E-state index >= 15 is 0 Å². The molecule has 2 rings (SSSR count). The van der Waals surface area contributed by atoms with Crippen LogP contribution < -0.4 is 11.5 Å². The number of alkyl halides is 1. The van der Waals surface area contributed by atoms with Crippen molar-refractivity contribution in [2.24, 2.45) is 11.5 Å². The Bertz CT molecular complexity index is 270. The van der Waals surface area contributed by atoms with E-state index in [9.17, 15) is 0 Å². The zero-order valence-corrected chi connectivity index (χ0v) is 9.41. The third-order valence-electron chi connectivity index (χ3n) is 2.04. The van der Waals surface area contributed by atoms with Gasteiger partial charge in [-0.1, -0.05) is 24.3 Å². The summed E-state index contributed by atoms with van der Waals surface area (Å²) in [7, 11) is 0. The van der Waals surface area contributed by atoms with E-state index in [1.165, 1.54) is 0 Å². The van der Waals surface area contributed by atoms with Gasteiger partial charge in [0.05, 0.1) is 18.6 Å². The lowest BCUT2D eigenvalue weighted by Gasteiger charge is -1.98. The van der Waals surface area contributed by atoms with Gasteiger partial charge in [-0.05, 0) is 11.1 Å². The van der Waals surface area contributed by atoms with Crippen molar-refractivity contribution in [2.45, 2.75) is 19.2 Å². The summed E-state index contributed by atoms with van der Waals surface area (Å²) in [4.78, 5) is 0. The van der Waals surface area contributed by atoms with E-state index in [0.717, 1.165) is 17.7 Å². The summed E-state index contributed by atoms with van der Waals surface area (Å²) in [6.07, 6.45) is 0.400. The van der Waals surface area contributed by atoms with E-state index in [1.54, 1.807) is 0 Å². The van der Waals surface area contributed by atoms with Crippen LogP contribution in [0, 0.1) is 0 Å². The maximum absolute atomic E-state index is 5.43. The number of benzene rings is 1. The lowest BCUT2D eigenvalue weighted by molar-refractivity contribution is 0.425. The van der Waals surface area contributed by atoms with Gasteiger partial charge in [-0.25, -0.2) is 0 Å². The molecule has 1 aromatic rings. The van der Waals surface area contributed by atoms with Gasteiger partial charge in [-0.15, -0.1) is 11.6 Å². The SMILES string of the molecule is ClCC1CO1.NCc1cccc(CN)c1. The molecule has 0 radical (unpaired) electrons. The first-order valence-corrected chi connectivity index (χ1v) is 5.49. The molecule has 1 atom stereocenters. The molecule has 0 aromatic heterocycles. The second kappa shape index (κ2) is 6.80. The van der Waals surface area contributed by atoms with Crippen LogP contribution in [-0.4, -0.2) is 18.6 Å². The van der Waals surface area contributed by atoms with E-state index in [1.807, 2.05) is 24.3 Å². The highest BCUT2D eigenvalue weighted by Crippen LogP contribution is 2.08. The van der Waals surface area contributed by atoms with Gasteiger partial charge in [0.1, 0.15) is 0 Å². The van der Waals surface area contributed by atoms with E-state index < -0.39 is 0 Å². The highest BCUT2D eigenvalue weighted by Gasteiger charge is 2.19. The predicted molar refractivity (Wildman–Crippen MR) is 62.7 cm³/mol. The maximum Gasteiger partial charge on any atom is 0.0944 e. The summed E-state index contributed by atoms with van der Waals surface area (Å²) >= 11 is 5.27. The van der Waals surface area contributed by atoms with Crippen LogP contribution in [0.25, 0.3) is 0 Å². The molecule has 1 aliphatic rings. The van der Waals surface area contributed by atoms with Crippen LogP contribution in [0.1, 0.15) is 11.1 Å². The quantitative estimate of drug-likeness (QED) is 0.604. The first-order valence-electron chi connectivity index (χ1n) is 4.95. The van der Waals surface area contributed by atoms with Crippen LogP contribution in [0.3, 0.4) is 0 Å². The minimum absolute atomic E-state index is 0.400. The molecule has 1 heterocycles. The zero-order chi connectivity index (χ0) is 11.1. The molecule has 15 heavy (non-hydrogen) atoms. The summed E-state index contributed by atoms with van der Waals surface area (Å²) in [6.45, 7) is 2.06. The fourth-order valence-electron chi connectivity index (χ4n) is 1.04. The summed E-state index contributed by atoms with van der Waals surface area (Å²) in [6, 6.07) is 8.00. The van der Waals surface area contributed by atoms with Crippen LogP contribution in [0.5, 0.6) is 0 Å². The highest BCUT2D eigenvalue weighted by atomic mass is 35.5. The lowest BCUT2D eigenvalue weighted by Crippen LogP contribution is -2.00. The fourth-order valence-corrected chi connectivity index (χ4v) is 1.22. The average Bonchev–Trinajstić information content (AvgIpc) is 3.13. The Morgan fingerprint density at radius 2 is 1.80 bits per heavy atom. The third-order valence-corrected chi connectivity index (χ3v) is 2.38. The number of hydrogen-bond donors (Lipinski definition) is 2. The van der Waals surface area contributed by atoms with Gasteiger partial charge < -0.3 is 16.2 Å². The second-order valence-corrected chi connectivity index (χ2v) is 3.65. The normalized spacial score (nSPS) is 17.9. The molecule has 0 bridgehead atoms. The standard InChI is InChI=1S/C8H12N2.C3H5ClO/c9-5-7-2-1-3-8(4-7)6-10;4-1-3-2-5-3/h1-4H,5-6,9-10H2;3H,1-2H2. The number of hydrogen-bond acceptors (Lipinski definition) is 3. The van der Waals surface area contributed by atoms with Gasteiger partial charge in [0.2, 0.25) is 0 Å². The fraction of sp³-hybridized carbons (Fsp3) is 0.455. The topological polar surface area (TPSA) is 64.6 Å². The molecule has 1 saturated heterocycles. The molecular formula is C11H17ClN2O. The maximum atomic E-state index is 5.43. The van der Waals surface area contributed by atoms with Crippen LogP contribution in [0.4, 0.5) is 0 Å². The van der Waals surface area contributed by atoms with Crippen LogP contribution in [0.15, 0.2) is 24.3 Å². The first kappa shape index (κ1) is 12.5. The largest absolute Gasteiger partial charge is 0.372 e. The second-order valence-electron chi connectivity index (χ2n) is 3.34. The van der Waals surface area contributed by atoms with Crippen LogP contribution in [0.2, 0.25) is 0 Å². The zero-order valence-electron chi connectivity index (χ0n) is 8.66. The Kier molecular flexibility index (Phi) is 5.65. The molecule has 0 spiro atoms. The summed E-state index contributed by atoms with van der Waals surface area (Å²) in [5.74, 6) is 0.667. The third kappa shape index (κ3) is 5.14. The molecule has 1 aromatic carbocycles. The Morgan fingerprint density at radius 3 is 2.07 bits per heavy atom. The summed E-state index contributed by atoms with van der Waals surface area (Å²) in [5, 5.41) is 0. The number of epoxide rings is 1. The minimum atomic E-state index is 0.400. The van der Waals surface area contributed by atoms with Gasteiger partial charge in [0, 0.05) is 13.1 Å². The summed E-state index contributed by atoms with van der Waals surface area (Å²) < 4.78 is 4.73. The van der Waals surface area contributed by atoms with Crippen molar-refractivity contribution in [3.8, 4) is 0 Å². The van der Waals surface area contributed by atoms with E-state index in [2.05, 4.69) is 0 Å². The van der Waals surface area contributed by atoms with Crippen LogP contribution in [-0.2, 0) is 17.8 Å². The van der Waals surface area contributed by atoms with E-state index in [4.69, 9.17) is 27.8 Å². The van der Waals surface area contributed by atoms with Gasteiger partial charge in [-0.2, -0.15) is 0 Å². The molecule has 1 aliphatic heterocycles. The minimum Gasteiger partial charge on any atom is -0.372 e. The predicted octanol–water partition coefficient (Wildman–Crippen LogP) is 1.23. The Morgan fingerprint density at radius 1 is 1.27 bits per heavy atom. The Balaban J connectivity index is 0.000000187. The number of rotatable bonds is 3. The molecule has 1 unspecified atom stereocenters. The highest BCUT2D eigenvalue weighted by molar-refractivity contribution is 6.18. The van der Waals surface area contributed by atoms with Crippen LogP contribution >= 0.6 is 11.6 Å². The van der Waals surface area contributed by atoms with Crippen molar-refractivity contribution < 1.29 is 4.74 Å². The number of nitrogens with two attached hydrogens (primary N) is 2. The number of ether oxygens (including phenoxy) is 1. The molecule has 0 amide bonds. The molecule has 84 valence electrons. The summed E-state index contributed by atoms with van der Waals surface area (Å²) in [5.41, 5.74) is 13.1. The molecular weight excluding hydrogens is 212 g/mol. The van der Waals surface area contributed by atoms with Crippen molar-refractivity contribution in [1.82, 2.24) is 0 Å². The Labute approximate surface area is 95.4 Å². The first-order chi connectivity index (χ1) is 7.30. The molecule has 4 heteroatoms. The van der Waals surface area contributed by atoms with Crippen molar-refractivity contribution in [2.75, 3.05) is 12.5 Å². The average molecular weight is 229 g/mol.